The van der Waals surface area contributed by atoms with E-state index < -0.39 is 0 Å². The zero-order valence-electron chi connectivity index (χ0n) is 10.6. The van der Waals surface area contributed by atoms with E-state index in [1.54, 1.807) is 7.11 Å². The quantitative estimate of drug-likeness (QED) is 0.767. The average Bonchev–Trinajstić information content (AvgIpc) is 2.28. The molecule has 0 aliphatic heterocycles. The number of methoxy groups -OCH3 is 1. The zero-order chi connectivity index (χ0) is 12.0. The summed E-state index contributed by atoms with van der Waals surface area (Å²) < 4.78 is 5.21. The van der Waals surface area contributed by atoms with E-state index in [9.17, 15) is 0 Å². The van der Waals surface area contributed by atoms with Gasteiger partial charge in [0.25, 0.3) is 0 Å². The van der Waals surface area contributed by atoms with Gasteiger partial charge in [0.05, 0.1) is 7.11 Å². The third-order valence-electron chi connectivity index (χ3n) is 2.53. The molecule has 0 aromatic heterocycles. The van der Waals surface area contributed by atoms with Crippen LogP contribution in [0.15, 0.2) is 35.9 Å². The SMILES string of the molecule is COc1cccc([C@H](C)NCC=C(C)C)c1. The molecule has 88 valence electrons. The molecule has 0 spiro atoms. The standard InChI is InChI=1S/C14H21NO/c1-11(2)8-9-15-12(3)13-6-5-7-14(10-13)16-4/h5-8,10,12,15H,9H2,1-4H3/t12-/m0/s1. The number of rotatable bonds is 5. The Labute approximate surface area is 98.3 Å². The van der Waals surface area contributed by atoms with Crippen molar-refractivity contribution in [2.24, 2.45) is 0 Å². The van der Waals surface area contributed by atoms with Gasteiger partial charge < -0.3 is 10.1 Å². The summed E-state index contributed by atoms with van der Waals surface area (Å²) in [4.78, 5) is 0. The largest absolute Gasteiger partial charge is 0.497 e. The van der Waals surface area contributed by atoms with Gasteiger partial charge in [-0.15, -0.1) is 0 Å². The van der Waals surface area contributed by atoms with Crippen LogP contribution >= 0.6 is 0 Å². The summed E-state index contributed by atoms with van der Waals surface area (Å²) in [5.41, 5.74) is 2.59. The van der Waals surface area contributed by atoms with Crippen LogP contribution in [0.2, 0.25) is 0 Å². The topological polar surface area (TPSA) is 21.3 Å². The van der Waals surface area contributed by atoms with Crippen molar-refractivity contribution >= 4 is 0 Å². The van der Waals surface area contributed by atoms with Crippen LogP contribution in [0.25, 0.3) is 0 Å². The third-order valence-corrected chi connectivity index (χ3v) is 2.53. The monoisotopic (exact) mass is 219 g/mol. The van der Waals surface area contributed by atoms with Gasteiger partial charge in [-0.05, 0) is 38.5 Å². The lowest BCUT2D eigenvalue weighted by Crippen LogP contribution is -2.18. The zero-order valence-corrected chi connectivity index (χ0v) is 10.6. The van der Waals surface area contributed by atoms with E-state index >= 15 is 0 Å². The van der Waals surface area contributed by atoms with Crippen LogP contribution in [0.4, 0.5) is 0 Å². The second kappa shape index (κ2) is 6.33. The molecule has 1 atom stereocenters. The average molecular weight is 219 g/mol. The van der Waals surface area contributed by atoms with Crippen LogP contribution in [0.1, 0.15) is 32.4 Å². The summed E-state index contributed by atoms with van der Waals surface area (Å²) >= 11 is 0. The maximum atomic E-state index is 5.21. The van der Waals surface area contributed by atoms with Crippen molar-refractivity contribution in [3.05, 3.63) is 41.5 Å². The summed E-state index contributed by atoms with van der Waals surface area (Å²) in [6.07, 6.45) is 2.19. The first-order valence-electron chi connectivity index (χ1n) is 5.64. The molecule has 0 saturated heterocycles. The molecule has 0 radical (unpaired) electrons. The molecule has 0 heterocycles. The van der Waals surface area contributed by atoms with Crippen molar-refractivity contribution in [1.82, 2.24) is 5.32 Å². The van der Waals surface area contributed by atoms with Gasteiger partial charge in [-0.25, -0.2) is 0 Å². The maximum Gasteiger partial charge on any atom is 0.119 e. The molecule has 1 aromatic rings. The number of benzene rings is 1. The molecular formula is C14H21NO. The molecule has 0 fully saturated rings. The third kappa shape index (κ3) is 4.07. The minimum absolute atomic E-state index is 0.339. The minimum Gasteiger partial charge on any atom is -0.497 e. The Morgan fingerprint density at radius 3 is 2.81 bits per heavy atom. The van der Waals surface area contributed by atoms with Crippen LogP contribution in [-0.4, -0.2) is 13.7 Å². The smallest absolute Gasteiger partial charge is 0.119 e. The number of allylic oxidation sites excluding steroid dienone is 1. The summed E-state index contributed by atoms with van der Waals surface area (Å²) in [6, 6.07) is 8.51. The first-order valence-corrected chi connectivity index (χ1v) is 5.64. The molecule has 0 saturated carbocycles. The first kappa shape index (κ1) is 12.8. The molecular weight excluding hydrogens is 198 g/mol. The predicted molar refractivity (Wildman–Crippen MR) is 68.8 cm³/mol. The minimum atomic E-state index is 0.339. The maximum absolute atomic E-state index is 5.21. The van der Waals surface area contributed by atoms with Gasteiger partial charge in [0, 0.05) is 12.6 Å². The van der Waals surface area contributed by atoms with E-state index in [1.807, 2.05) is 12.1 Å². The van der Waals surface area contributed by atoms with Gasteiger partial charge in [0.1, 0.15) is 5.75 Å². The van der Waals surface area contributed by atoms with E-state index in [-0.39, 0.29) is 0 Å². The highest BCUT2D eigenvalue weighted by atomic mass is 16.5. The Kier molecular flexibility index (Phi) is 5.06. The molecule has 0 bridgehead atoms. The number of ether oxygens (including phenoxy) is 1. The molecule has 0 aliphatic carbocycles. The van der Waals surface area contributed by atoms with E-state index in [0.717, 1.165) is 12.3 Å². The van der Waals surface area contributed by atoms with Crippen LogP contribution in [-0.2, 0) is 0 Å². The molecule has 2 heteroatoms. The van der Waals surface area contributed by atoms with Gasteiger partial charge in [-0.1, -0.05) is 23.8 Å². The highest BCUT2D eigenvalue weighted by molar-refractivity contribution is 5.30. The highest BCUT2D eigenvalue weighted by Crippen LogP contribution is 2.18. The van der Waals surface area contributed by atoms with E-state index in [2.05, 4.69) is 44.3 Å². The molecule has 0 aliphatic rings. The van der Waals surface area contributed by atoms with Crippen molar-refractivity contribution < 1.29 is 4.74 Å². The van der Waals surface area contributed by atoms with Crippen molar-refractivity contribution in [3.8, 4) is 5.75 Å². The van der Waals surface area contributed by atoms with Crippen LogP contribution in [0, 0.1) is 0 Å². The van der Waals surface area contributed by atoms with Crippen LogP contribution in [0.5, 0.6) is 5.75 Å². The molecule has 1 rings (SSSR count). The fraction of sp³-hybridized carbons (Fsp3) is 0.429. The van der Waals surface area contributed by atoms with Gasteiger partial charge >= 0.3 is 0 Å². The molecule has 1 aromatic carbocycles. The summed E-state index contributed by atoms with van der Waals surface area (Å²) in [5.74, 6) is 0.911. The van der Waals surface area contributed by atoms with E-state index in [1.165, 1.54) is 11.1 Å². The number of hydrogen-bond acceptors (Lipinski definition) is 2. The Balaban J connectivity index is 2.58. The normalized spacial score (nSPS) is 12.0. The van der Waals surface area contributed by atoms with Crippen molar-refractivity contribution in [2.75, 3.05) is 13.7 Å². The fourth-order valence-electron chi connectivity index (χ4n) is 1.47. The second-order valence-electron chi connectivity index (χ2n) is 4.19. The summed E-state index contributed by atoms with van der Waals surface area (Å²) in [7, 11) is 1.69. The van der Waals surface area contributed by atoms with Crippen molar-refractivity contribution in [2.45, 2.75) is 26.8 Å². The fourth-order valence-corrected chi connectivity index (χ4v) is 1.47. The Bertz CT molecular complexity index is 354. The van der Waals surface area contributed by atoms with Crippen LogP contribution < -0.4 is 10.1 Å². The Morgan fingerprint density at radius 1 is 1.44 bits per heavy atom. The lowest BCUT2D eigenvalue weighted by atomic mass is 10.1. The van der Waals surface area contributed by atoms with Crippen molar-refractivity contribution in [3.63, 3.8) is 0 Å². The van der Waals surface area contributed by atoms with Gasteiger partial charge in [-0.2, -0.15) is 0 Å². The van der Waals surface area contributed by atoms with Crippen molar-refractivity contribution in [1.29, 1.82) is 0 Å². The molecule has 0 unspecified atom stereocenters. The van der Waals surface area contributed by atoms with Gasteiger partial charge in [-0.3, -0.25) is 0 Å². The van der Waals surface area contributed by atoms with Crippen LogP contribution in [0.3, 0.4) is 0 Å². The first-order chi connectivity index (χ1) is 7.63. The Morgan fingerprint density at radius 2 is 2.19 bits per heavy atom. The number of hydrogen-bond donors (Lipinski definition) is 1. The Hall–Kier alpha value is -1.28. The van der Waals surface area contributed by atoms with E-state index in [4.69, 9.17) is 4.74 Å². The lowest BCUT2D eigenvalue weighted by Gasteiger charge is -2.13. The molecule has 2 nitrogen and oxygen atoms in total. The lowest BCUT2D eigenvalue weighted by molar-refractivity contribution is 0.413. The summed E-state index contributed by atoms with van der Waals surface area (Å²) in [5, 5.41) is 3.45. The van der Waals surface area contributed by atoms with E-state index in [0.29, 0.717) is 6.04 Å². The second-order valence-corrected chi connectivity index (χ2v) is 4.19. The molecule has 1 N–H and O–H groups in total. The highest BCUT2D eigenvalue weighted by Gasteiger charge is 2.04. The number of nitrogens with one attached hydrogen (secondary N) is 1. The predicted octanol–water partition coefficient (Wildman–Crippen LogP) is 3.31. The van der Waals surface area contributed by atoms with Gasteiger partial charge in [0.15, 0.2) is 0 Å². The molecule has 16 heavy (non-hydrogen) atoms. The molecule has 0 amide bonds. The van der Waals surface area contributed by atoms with Gasteiger partial charge in [0.2, 0.25) is 0 Å². The summed E-state index contributed by atoms with van der Waals surface area (Å²) in [6.45, 7) is 7.28.